The summed E-state index contributed by atoms with van der Waals surface area (Å²) < 4.78 is 5.44. The van der Waals surface area contributed by atoms with Crippen molar-refractivity contribution in [3.8, 4) is 11.8 Å². The fourth-order valence-corrected chi connectivity index (χ4v) is 3.16. The van der Waals surface area contributed by atoms with Crippen molar-refractivity contribution in [2.24, 2.45) is 5.73 Å². The van der Waals surface area contributed by atoms with E-state index in [2.05, 4.69) is 28.9 Å². The Balaban J connectivity index is 1.90. The van der Waals surface area contributed by atoms with Gasteiger partial charge in [0.15, 0.2) is 0 Å². The molecule has 0 bridgehead atoms. The number of hydrogen-bond donors (Lipinski definition) is 1. The monoisotopic (exact) mass is 264 g/mol. The van der Waals surface area contributed by atoms with E-state index >= 15 is 0 Å². The van der Waals surface area contributed by atoms with Crippen molar-refractivity contribution in [1.29, 1.82) is 0 Å². The van der Waals surface area contributed by atoms with Gasteiger partial charge in [-0.15, -0.1) is 11.3 Å². The second kappa shape index (κ2) is 6.91. The number of ether oxygens (including phenoxy) is 1. The van der Waals surface area contributed by atoms with Crippen molar-refractivity contribution in [3.05, 3.63) is 21.9 Å². The van der Waals surface area contributed by atoms with Gasteiger partial charge >= 0.3 is 0 Å². The lowest BCUT2D eigenvalue weighted by atomic mass is 10.1. The van der Waals surface area contributed by atoms with Gasteiger partial charge in [0.2, 0.25) is 0 Å². The van der Waals surface area contributed by atoms with Crippen LogP contribution in [-0.2, 0) is 11.3 Å². The molecule has 2 N–H and O–H groups in total. The maximum absolute atomic E-state index is 5.44. The first-order valence-electron chi connectivity index (χ1n) is 6.34. The van der Waals surface area contributed by atoms with Gasteiger partial charge in [0.05, 0.1) is 17.5 Å². The first-order chi connectivity index (χ1) is 8.81. The van der Waals surface area contributed by atoms with Crippen LogP contribution in [0.15, 0.2) is 12.1 Å². The zero-order valence-corrected chi connectivity index (χ0v) is 11.6. The minimum atomic E-state index is 0.398. The maximum Gasteiger partial charge on any atom is 0.0772 e. The maximum atomic E-state index is 5.44. The van der Waals surface area contributed by atoms with Gasteiger partial charge < -0.3 is 10.5 Å². The molecule has 1 saturated heterocycles. The fourth-order valence-electron chi connectivity index (χ4n) is 2.24. The number of nitrogens with two attached hydrogens (primary N) is 1. The van der Waals surface area contributed by atoms with Gasteiger partial charge in [-0.1, -0.05) is 11.8 Å². The van der Waals surface area contributed by atoms with Gasteiger partial charge in [-0.25, -0.2) is 0 Å². The number of nitrogens with zero attached hydrogens (tertiary/aromatic N) is 1. The Labute approximate surface area is 113 Å². The largest absolute Gasteiger partial charge is 0.380 e. The van der Waals surface area contributed by atoms with E-state index in [4.69, 9.17) is 10.5 Å². The lowest BCUT2D eigenvalue weighted by Gasteiger charge is -2.31. The summed E-state index contributed by atoms with van der Waals surface area (Å²) in [7, 11) is 1.81. The minimum absolute atomic E-state index is 0.398. The molecular formula is C14H20N2OS. The van der Waals surface area contributed by atoms with Crippen molar-refractivity contribution in [2.45, 2.75) is 25.5 Å². The van der Waals surface area contributed by atoms with Gasteiger partial charge in [0.1, 0.15) is 0 Å². The quantitative estimate of drug-likeness (QED) is 0.844. The van der Waals surface area contributed by atoms with Gasteiger partial charge in [-0.2, -0.15) is 0 Å². The van der Waals surface area contributed by atoms with Crippen LogP contribution in [0.1, 0.15) is 22.6 Å². The van der Waals surface area contributed by atoms with Crippen molar-refractivity contribution in [3.63, 3.8) is 0 Å². The first-order valence-corrected chi connectivity index (χ1v) is 7.16. The molecule has 0 radical (unpaired) electrons. The average Bonchev–Trinajstić information content (AvgIpc) is 2.84. The van der Waals surface area contributed by atoms with E-state index < -0.39 is 0 Å². The number of hydrogen-bond acceptors (Lipinski definition) is 4. The van der Waals surface area contributed by atoms with Gasteiger partial charge in [-0.3, -0.25) is 4.90 Å². The molecule has 4 heteroatoms. The molecular weight excluding hydrogens is 244 g/mol. The van der Waals surface area contributed by atoms with Gasteiger partial charge in [0.25, 0.3) is 0 Å². The van der Waals surface area contributed by atoms with Crippen LogP contribution in [0.5, 0.6) is 0 Å². The standard InChI is InChI=1S/C14H20N2OS/c1-17-12-4-3-9-16(10-12)11-14-7-6-13(18-14)5-2-8-15/h6-7,12H,3-4,8-11,15H2,1H3. The first kappa shape index (κ1) is 13.6. The summed E-state index contributed by atoms with van der Waals surface area (Å²) in [4.78, 5) is 4.94. The third-order valence-electron chi connectivity index (χ3n) is 3.15. The highest BCUT2D eigenvalue weighted by atomic mass is 32.1. The molecule has 2 heterocycles. The molecule has 1 aromatic heterocycles. The molecule has 2 rings (SSSR count). The predicted octanol–water partition coefficient (Wildman–Crippen LogP) is 1.67. The van der Waals surface area contributed by atoms with Crippen LogP contribution in [0, 0.1) is 11.8 Å². The van der Waals surface area contributed by atoms with Crippen LogP contribution < -0.4 is 5.73 Å². The molecule has 18 heavy (non-hydrogen) atoms. The number of thiophene rings is 1. The smallest absolute Gasteiger partial charge is 0.0772 e. The molecule has 0 saturated carbocycles. The van der Waals surface area contributed by atoms with Gasteiger partial charge in [0, 0.05) is 25.1 Å². The van der Waals surface area contributed by atoms with E-state index in [1.165, 1.54) is 24.3 Å². The molecule has 1 aliphatic rings. The van der Waals surface area contributed by atoms with E-state index in [0.717, 1.165) is 18.0 Å². The zero-order chi connectivity index (χ0) is 12.8. The van der Waals surface area contributed by atoms with Crippen molar-refractivity contribution < 1.29 is 4.74 Å². The van der Waals surface area contributed by atoms with E-state index in [0.29, 0.717) is 12.6 Å². The van der Waals surface area contributed by atoms with E-state index in [-0.39, 0.29) is 0 Å². The van der Waals surface area contributed by atoms with Crippen LogP contribution in [0.25, 0.3) is 0 Å². The Morgan fingerprint density at radius 1 is 1.56 bits per heavy atom. The Bertz CT molecular complexity index is 432. The van der Waals surface area contributed by atoms with Crippen molar-refractivity contribution in [1.82, 2.24) is 4.90 Å². The minimum Gasteiger partial charge on any atom is -0.380 e. The highest BCUT2D eigenvalue weighted by Crippen LogP contribution is 2.20. The molecule has 0 aliphatic carbocycles. The predicted molar refractivity (Wildman–Crippen MR) is 75.6 cm³/mol. The second-order valence-electron chi connectivity index (χ2n) is 4.51. The van der Waals surface area contributed by atoms with Crippen molar-refractivity contribution >= 4 is 11.3 Å². The highest BCUT2D eigenvalue weighted by molar-refractivity contribution is 7.12. The molecule has 1 aromatic rings. The van der Waals surface area contributed by atoms with Crippen LogP contribution in [0.2, 0.25) is 0 Å². The van der Waals surface area contributed by atoms with E-state index in [1.807, 2.05) is 0 Å². The normalized spacial score (nSPS) is 20.4. The lowest BCUT2D eigenvalue weighted by Crippen LogP contribution is -2.38. The van der Waals surface area contributed by atoms with Gasteiger partial charge in [-0.05, 0) is 31.5 Å². The van der Waals surface area contributed by atoms with Crippen LogP contribution in [0.4, 0.5) is 0 Å². The summed E-state index contributed by atoms with van der Waals surface area (Å²) in [6.45, 7) is 3.64. The summed E-state index contributed by atoms with van der Waals surface area (Å²) >= 11 is 1.76. The molecule has 3 nitrogen and oxygen atoms in total. The van der Waals surface area contributed by atoms with Crippen LogP contribution in [0.3, 0.4) is 0 Å². The lowest BCUT2D eigenvalue weighted by molar-refractivity contribution is 0.0289. The third-order valence-corrected chi connectivity index (χ3v) is 4.14. The van der Waals surface area contributed by atoms with E-state index in [1.54, 1.807) is 18.4 Å². The summed E-state index contributed by atoms with van der Waals surface area (Å²) in [6, 6.07) is 4.25. The Morgan fingerprint density at radius 2 is 2.44 bits per heavy atom. The molecule has 1 atom stereocenters. The van der Waals surface area contributed by atoms with Crippen LogP contribution in [-0.4, -0.2) is 37.7 Å². The molecule has 0 amide bonds. The molecule has 0 aromatic carbocycles. The molecule has 0 spiro atoms. The molecule has 98 valence electrons. The summed E-state index contributed by atoms with van der Waals surface area (Å²) in [5.41, 5.74) is 5.37. The average molecular weight is 264 g/mol. The SMILES string of the molecule is COC1CCCN(Cc2ccc(C#CCN)s2)C1. The molecule has 1 fully saturated rings. The topological polar surface area (TPSA) is 38.5 Å². The highest BCUT2D eigenvalue weighted by Gasteiger charge is 2.19. The number of methoxy groups -OCH3 is 1. The fraction of sp³-hybridized carbons (Fsp3) is 0.571. The Morgan fingerprint density at radius 3 is 3.22 bits per heavy atom. The Kier molecular flexibility index (Phi) is 5.21. The van der Waals surface area contributed by atoms with Crippen molar-refractivity contribution in [2.75, 3.05) is 26.7 Å². The Hall–Kier alpha value is -0.860. The molecule has 1 unspecified atom stereocenters. The third kappa shape index (κ3) is 3.82. The summed E-state index contributed by atoms with van der Waals surface area (Å²) in [6.07, 6.45) is 2.81. The van der Waals surface area contributed by atoms with E-state index in [9.17, 15) is 0 Å². The number of rotatable bonds is 3. The van der Waals surface area contributed by atoms with Crippen LogP contribution >= 0.6 is 11.3 Å². The summed E-state index contributed by atoms with van der Waals surface area (Å²) in [5, 5.41) is 0. The molecule has 1 aliphatic heterocycles. The zero-order valence-electron chi connectivity index (χ0n) is 10.8. The second-order valence-corrected chi connectivity index (χ2v) is 5.68. The number of piperidine rings is 1. The number of likely N-dealkylation sites (tertiary alicyclic amines) is 1. The summed E-state index contributed by atoms with van der Waals surface area (Å²) in [5.74, 6) is 5.97.